The summed E-state index contributed by atoms with van der Waals surface area (Å²) in [5.41, 5.74) is 0. The van der Waals surface area contributed by atoms with E-state index >= 15 is 0 Å². The molecule has 0 heterocycles. The Kier molecular flexibility index (Phi) is 52.0. The number of ether oxygens (including phenoxy) is 3. The molecule has 6 heteroatoms. The van der Waals surface area contributed by atoms with Crippen LogP contribution < -0.4 is 0 Å². The van der Waals surface area contributed by atoms with Crippen LogP contribution in [-0.4, -0.2) is 37.2 Å². The van der Waals surface area contributed by atoms with Crippen molar-refractivity contribution in [1.29, 1.82) is 0 Å². The first kappa shape index (κ1) is 63.8. The van der Waals surface area contributed by atoms with Crippen LogP contribution in [0.15, 0.2) is 122 Å². The van der Waals surface area contributed by atoms with Gasteiger partial charge in [-0.25, -0.2) is 0 Å². The third-order valence-corrected chi connectivity index (χ3v) is 11.4. The van der Waals surface area contributed by atoms with Crippen LogP contribution in [0.3, 0.4) is 0 Å². The third-order valence-electron chi connectivity index (χ3n) is 11.4. The summed E-state index contributed by atoms with van der Waals surface area (Å²) in [6.45, 7) is 6.32. The average molecular weight is 941 g/mol. The summed E-state index contributed by atoms with van der Waals surface area (Å²) in [6.07, 6.45) is 76.1. The Hall–Kier alpha value is -4.19. The Morgan fingerprint density at radius 3 is 1.09 bits per heavy atom. The van der Waals surface area contributed by atoms with Crippen LogP contribution >= 0.6 is 0 Å². The molecule has 0 aliphatic rings. The zero-order valence-electron chi connectivity index (χ0n) is 43.8. The number of carbonyl (C=O) groups excluding carboxylic acids is 3. The molecule has 0 amide bonds. The van der Waals surface area contributed by atoms with Crippen molar-refractivity contribution in [2.45, 2.75) is 239 Å². The first-order valence-electron chi connectivity index (χ1n) is 27.6. The van der Waals surface area contributed by atoms with Crippen LogP contribution in [0.2, 0.25) is 0 Å². The molecule has 0 aliphatic carbocycles. The monoisotopic (exact) mass is 941 g/mol. The number of esters is 3. The van der Waals surface area contributed by atoms with Gasteiger partial charge in [0.25, 0.3) is 0 Å². The summed E-state index contributed by atoms with van der Waals surface area (Å²) >= 11 is 0. The van der Waals surface area contributed by atoms with E-state index in [2.05, 4.69) is 69.4 Å². The first-order valence-corrected chi connectivity index (χ1v) is 27.6. The number of unbranched alkanes of at least 4 members (excludes halogenated alkanes) is 23. The Morgan fingerprint density at radius 1 is 0.324 bits per heavy atom. The average Bonchev–Trinajstić information content (AvgIpc) is 3.34. The number of rotatable bonds is 48. The van der Waals surface area contributed by atoms with Gasteiger partial charge in [-0.15, -0.1) is 0 Å². The fourth-order valence-electron chi connectivity index (χ4n) is 7.32. The van der Waals surface area contributed by atoms with E-state index in [1.165, 1.54) is 89.9 Å². The number of hydrogen-bond acceptors (Lipinski definition) is 6. The highest BCUT2D eigenvalue weighted by Gasteiger charge is 2.19. The van der Waals surface area contributed by atoms with E-state index in [0.29, 0.717) is 19.3 Å². The Bertz CT molecular complexity index is 1450. The van der Waals surface area contributed by atoms with Crippen LogP contribution in [0.1, 0.15) is 233 Å². The number of allylic oxidation sites excluding steroid dienone is 20. The molecule has 0 bridgehead atoms. The van der Waals surface area contributed by atoms with E-state index in [4.69, 9.17) is 14.2 Å². The second kappa shape index (κ2) is 55.4. The minimum atomic E-state index is -0.808. The van der Waals surface area contributed by atoms with Gasteiger partial charge in [0.1, 0.15) is 13.2 Å². The van der Waals surface area contributed by atoms with E-state index in [-0.39, 0.29) is 31.1 Å². The van der Waals surface area contributed by atoms with Crippen LogP contribution in [0.25, 0.3) is 0 Å². The molecule has 0 spiro atoms. The minimum Gasteiger partial charge on any atom is -0.462 e. The molecule has 0 saturated carbocycles. The van der Waals surface area contributed by atoms with Crippen molar-refractivity contribution in [3.63, 3.8) is 0 Å². The lowest BCUT2D eigenvalue weighted by Crippen LogP contribution is -2.30. The summed E-state index contributed by atoms with van der Waals surface area (Å²) in [5, 5.41) is 0. The molecule has 6 nitrogen and oxygen atoms in total. The summed E-state index contributed by atoms with van der Waals surface area (Å²) in [6, 6.07) is 0. The van der Waals surface area contributed by atoms with E-state index in [1.807, 2.05) is 72.9 Å². The molecule has 0 rings (SSSR count). The van der Waals surface area contributed by atoms with Crippen molar-refractivity contribution in [3.8, 4) is 0 Å². The second-order valence-corrected chi connectivity index (χ2v) is 17.9. The van der Waals surface area contributed by atoms with Crippen molar-refractivity contribution >= 4 is 17.9 Å². The van der Waals surface area contributed by atoms with Gasteiger partial charge in [-0.2, -0.15) is 0 Å². The van der Waals surface area contributed by atoms with Gasteiger partial charge in [-0.1, -0.05) is 264 Å². The number of hydrogen-bond donors (Lipinski definition) is 0. The standard InChI is InChI=1S/C62H100O6/c1-4-7-10-13-16-19-22-25-28-30-31-33-34-37-40-43-46-49-52-55-61(64)67-58-59(57-66-60(63)54-51-48-45-42-39-36-27-24-21-18-15-12-9-6-3)68-62(65)56-53-50-47-44-41-38-35-32-29-26-23-20-17-14-11-8-5-2/h7,9-10,12-13,16,18-19,21-22,25,27-28,30-31,33-34,36-37,40,59H,4-6,8,11,14-15,17,20,23-24,26,29,32,35,38-39,41-58H2,1-3H3/b10-7-,12-9-,16-13-,21-18-,22-19-,28-25-,31-30+,34-33-,36-27-,40-37-. The lowest BCUT2D eigenvalue weighted by Gasteiger charge is -2.18. The third kappa shape index (κ3) is 52.8. The zero-order valence-corrected chi connectivity index (χ0v) is 43.8. The molecule has 0 aliphatic heterocycles. The van der Waals surface area contributed by atoms with Gasteiger partial charge in [-0.05, 0) is 70.6 Å². The van der Waals surface area contributed by atoms with Crippen LogP contribution in [0.5, 0.6) is 0 Å². The van der Waals surface area contributed by atoms with Gasteiger partial charge < -0.3 is 14.2 Å². The molecule has 384 valence electrons. The second-order valence-electron chi connectivity index (χ2n) is 17.9. The van der Waals surface area contributed by atoms with Crippen molar-refractivity contribution in [2.24, 2.45) is 0 Å². The topological polar surface area (TPSA) is 78.9 Å². The number of carbonyl (C=O) groups is 3. The maximum absolute atomic E-state index is 12.8. The first-order chi connectivity index (χ1) is 33.5. The Labute approximate surface area is 418 Å². The van der Waals surface area contributed by atoms with E-state index in [9.17, 15) is 14.4 Å². The minimum absolute atomic E-state index is 0.106. The van der Waals surface area contributed by atoms with Crippen molar-refractivity contribution in [1.82, 2.24) is 0 Å². The molecule has 0 radical (unpaired) electrons. The molecule has 0 aromatic heterocycles. The molecule has 68 heavy (non-hydrogen) atoms. The van der Waals surface area contributed by atoms with Gasteiger partial charge in [0.15, 0.2) is 6.10 Å². The Balaban J connectivity index is 4.52. The van der Waals surface area contributed by atoms with Gasteiger partial charge >= 0.3 is 17.9 Å². The molecule has 0 fully saturated rings. The highest BCUT2D eigenvalue weighted by Crippen LogP contribution is 2.15. The highest BCUT2D eigenvalue weighted by atomic mass is 16.6. The molecule has 0 saturated heterocycles. The van der Waals surface area contributed by atoms with Gasteiger partial charge in [-0.3, -0.25) is 14.4 Å². The molecule has 0 aromatic rings. The lowest BCUT2D eigenvalue weighted by atomic mass is 10.0. The van der Waals surface area contributed by atoms with Gasteiger partial charge in [0.2, 0.25) is 0 Å². The molecular formula is C62H100O6. The van der Waals surface area contributed by atoms with E-state index < -0.39 is 6.10 Å². The highest BCUT2D eigenvalue weighted by molar-refractivity contribution is 5.71. The maximum atomic E-state index is 12.8. The van der Waals surface area contributed by atoms with Gasteiger partial charge in [0.05, 0.1) is 0 Å². The SMILES string of the molecule is CC\C=C/C=C\C=C/C=C\C=C\C=C/C=C\CCCCCC(=O)OCC(COC(=O)CCCCCC/C=C\C/C=C\C/C=C\CC)OC(=O)CCCCCCCCCCCCCCCCCCC. The van der Waals surface area contributed by atoms with Crippen LogP contribution in [0, 0.1) is 0 Å². The zero-order chi connectivity index (χ0) is 49.3. The normalized spacial score (nSPS) is 13.0. The summed E-state index contributed by atoms with van der Waals surface area (Å²) in [4.78, 5) is 38.1. The van der Waals surface area contributed by atoms with Crippen molar-refractivity contribution in [3.05, 3.63) is 122 Å². The van der Waals surface area contributed by atoms with E-state index in [1.54, 1.807) is 0 Å². The lowest BCUT2D eigenvalue weighted by molar-refractivity contribution is -0.167. The van der Waals surface area contributed by atoms with Crippen LogP contribution in [0.4, 0.5) is 0 Å². The largest absolute Gasteiger partial charge is 0.462 e. The predicted molar refractivity (Wildman–Crippen MR) is 293 cm³/mol. The maximum Gasteiger partial charge on any atom is 0.306 e. The molecule has 1 unspecified atom stereocenters. The smallest absolute Gasteiger partial charge is 0.306 e. The summed E-state index contributed by atoms with van der Waals surface area (Å²) < 4.78 is 16.8. The van der Waals surface area contributed by atoms with Crippen molar-refractivity contribution < 1.29 is 28.6 Å². The molecule has 0 aromatic carbocycles. The fraction of sp³-hybridized carbons (Fsp3) is 0.629. The molecular weight excluding hydrogens is 841 g/mol. The molecule has 0 N–H and O–H groups in total. The summed E-state index contributed by atoms with van der Waals surface area (Å²) in [7, 11) is 0. The Morgan fingerprint density at radius 2 is 0.647 bits per heavy atom. The predicted octanol–water partition coefficient (Wildman–Crippen LogP) is 18.5. The summed E-state index contributed by atoms with van der Waals surface area (Å²) in [5.74, 6) is -0.973. The fourth-order valence-corrected chi connectivity index (χ4v) is 7.32. The van der Waals surface area contributed by atoms with Crippen LogP contribution in [-0.2, 0) is 28.6 Å². The van der Waals surface area contributed by atoms with Gasteiger partial charge in [0, 0.05) is 19.3 Å². The molecule has 1 atom stereocenters. The van der Waals surface area contributed by atoms with E-state index in [0.717, 1.165) is 103 Å². The van der Waals surface area contributed by atoms with Crippen molar-refractivity contribution in [2.75, 3.05) is 13.2 Å². The quantitative estimate of drug-likeness (QED) is 0.0199.